The monoisotopic (exact) mass is 282 g/mol. The molecule has 1 heterocycles. The molecule has 0 aliphatic rings. The number of aromatic nitrogens is 2. The van der Waals surface area contributed by atoms with Crippen LogP contribution >= 0.6 is 15.9 Å². The molecule has 0 aliphatic heterocycles. The van der Waals surface area contributed by atoms with Crippen molar-refractivity contribution in [2.45, 2.75) is 0 Å². The van der Waals surface area contributed by atoms with Crippen LogP contribution in [0, 0.1) is 0 Å². The average molecular weight is 283 g/mol. The molecule has 5 nitrogen and oxygen atoms in total. The maximum Gasteiger partial charge on any atom is 0.342 e. The molecule has 0 saturated carbocycles. The number of aromatic amines is 1. The summed E-state index contributed by atoms with van der Waals surface area (Å²) in [5, 5.41) is 11.3. The molecule has 16 heavy (non-hydrogen) atoms. The number of carboxylic acids is 1. The number of carboxylic acid groups (broad SMARTS) is 1. The number of nitrogens with zero attached hydrogens (tertiary/aromatic N) is 1. The molecule has 6 heteroatoms. The number of halogens is 1. The van der Waals surface area contributed by atoms with Gasteiger partial charge in [0.05, 0.1) is 5.69 Å². The highest BCUT2D eigenvalue weighted by Gasteiger charge is 2.13. The molecule has 0 unspecified atom stereocenters. The van der Waals surface area contributed by atoms with Gasteiger partial charge in [0.1, 0.15) is 5.56 Å². The third-order valence-corrected chi connectivity index (χ3v) is 2.56. The molecule has 2 rings (SSSR count). The van der Waals surface area contributed by atoms with E-state index in [4.69, 9.17) is 5.11 Å². The van der Waals surface area contributed by atoms with Crippen LogP contribution in [-0.2, 0) is 0 Å². The van der Waals surface area contributed by atoms with E-state index in [-0.39, 0.29) is 5.56 Å². The van der Waals surface area contributed by atoms with Crippen molar-refractivity contribution in [1.29, 1.82) is 0 Å². The zero-order valence-electron chi connectivity index (χ0n) is 7.98. The van der Waals surface area contributed by atoms with E-state index in [1.54, 1.807) is 18.2 Å². The van der Waals surface area contributed by atoms with Gasteiger partial charge in [0, 0.05) is 10.7 Å². The van der Waals surface area contributed by atoms with E-state index in [1.807, 2.05) is 6.07 Å². The van der Waals surface area contributed by atoms with E-state index in [0.29, 0.717) is 5.69 Å². The second-order valence-corrected chi connectivity index (χ2v) is 4.03. The lowest BCUT2D eigenvalue weighted by Crippen LogP contribution is -2.19. The first-order valence-electron chi connectivity index (χ1n) is 4.39. The Hall–Kier alpha value is -1.82. The van der Waals surface area contributed by atoms with Crippen molar-refractivity contribution < 1.29 is 9.90 Å². The van der Waals surface area contributed by atoms with Gasteiger partial charge in [-0.1, -0.05) is 22.0 Å². The summed E-state index contributed by atoms with van der Waals surface area (Å²) in [6, 6.07) is 6.99. The minimum Gasteiger partial charge on any atom is -0.477 e. The first-order chi connectivity index (χ1) is 7.59. The molecule has 1 aromatic heterocycles. The van der Waals surface area contributed by atoms with Crippen LogP contribution in [0.25, 0.3) is 5.69 Å². The van der Waals surface area contributed by atoms with Crippen LogP contribution in [0.4, 0.5) is 0 Å². The van der Waals surface area contributed by atoms with Crippen LogP contribution in [0.3, 0.4) is 0 Å². The van der Waals surface area contributed by atoms with Crippen LogP contribution in [0.2, 0.25) is 0 Å². The zero-order valence-corrected chi connectivity index (χ0v) is 9.56. The molecule has 82 valence electrons. The molecule has 0 bridgehead atoms. The first-order valence-corrected chi connectivity index (χ1v) is 5.18. The molecule has 0 atom stereocenters. The SMILES string of the molecule is O=C(O)c1c[nH]n(-c2cccc(Br)c2)c1=O. The molecule has 0 fully saturated rings. The van der Waals surface area contributed by atoms with Crippen molar-refractivity contribution in [1.82, 2.24) is 9.78 Å². The van der Waals surface area contributed by atoms with Crippen molar-refractivity contribution in [3.8, 4) is 5.69 Å². The Labute approximate surface area is 98.4 Å². The second kappa shape index (κ2) is 3.97. The number of nitrogens with one attached hydrogen (secondary N) is 1. The molecule has 2 aromatic rings. The minimum absolute atomic E-state index is 0.278. The van der Waals surface area contributed by atoms with Gasteiger partial charge in [0.15, 0.2) is 0 Å². The van der Waals surface area contributed by atoms with Gasteiger partial charge in [-0.05, 0) is 18.2 Å². The molecule has 0 spiro atoms. The lowest BCUT2D eigenvalue weighted by atomic mass is 10.3. The van der Waals surface area contributed by atoms with Crippen molar-refractivity contribution in [3.05, 3.63) is 50.9 Å². The molecule has 0 aliphatic carbocycles. The summed E-state index contributed by atoms with van der Waals surface area (Å²) in [6.07, 6.45) is 1.17. The van der Waals surface area contributed by atoms with Crippen LogP contribution in [0.1, 0.15) is 10.4 Å². The van der Waals surface area contributed by atoms with E-state index in [1.165, 1.54) is 10.9 Å². The molecule has 0 saturated heterocycles. The Kier molecular flexibility index (Phi) is 2.66. The second-order valence-electron chi connectivity index (χ2n) is 3.11. The summed E-state index contributed by atoms with van der Waals surface area (Å²) in [5.74, 6) is -1.24. The highest BCUT2D eigenvalue weighted by Crippen LogP contribution is 2.13. The van der Waals surface area contributed by atoms with Gasteiger partial charge in [-0.15, -0.1) is 0 Å². The van der Waals surface area contributed by atoms with E-state index >= 15 is 0 Å². The lowest BCUT2D eigenvalue weighted by Gasteiger charge is -2.00. The summed E-state index contributed by atoms with van der Waals surface area (Å²) in [5.41, 5.74) is -0.280. The fraction of sp³-hybridized carbons (Fsp3) is 0. The summed E-state index contributed by atoms with van der Waals surface area (Å²) in [6.45, 7) is 0. The topological polar surface area (TPSA) is 75.1 Å². The Morgan fingerprint density at radius 2 is 2.19 bits per heavy atom. The largest absolute Gasteiger partial charge is 0.477 e. The Morgan fingerprint density at radius 1 is 1.44 bits per heavy atom. The summed E-state index contributed by atoms with van der Waals surface area (Å²) in [4.78, 5) is 22.3. The molecule has 0 radical (unpaired) electrons. The van der Waals surface area contributed by atoms with E-state index in [2.05, 4.69) is 21.0 Å². The van der Waals surface area contributed by atoms with Crippen molar-refractivity contribution >= 4 is 21.9 Å². The fourth-order valence-electron chi connectivity index (χ4n) is 1.33. The first kappa shape index (κ1) is 10.7. The van der Waals surface area contributed by atoms with Gasteiger partial charge >= 0.3 is 5.97 Å². The highest BCUT2D eigenvalue weighted by atomic mass is 79.9. The minimum atomic E-state index is -1.24. The summed E-state index contributed by atoms with van der Waals surface area (Å²) in [7, 11) is 0. The van der Waals surface area contributed by atoms with E-state index < -0.39 is 11.5 Å². The van der Waals surface area contributed by atoms with E-state index in [0.717, 1.165) is 4.47 Å². The Morgan fingerprint density at radius 3 is 2.75 bits per heavy atom. The van der Waals surface area contributed by atoms with Crippen LogP contribution in [-0.4, -0.2) is 20.9 Å². The number of benzene rings is 1. The van der Waals surface area contributed by atoms with Crippen LogP contribution in [0.15, 0.2) is 39.7 Å². The number of hydrogen-bond donors (Lipinski definition) is 2. The maximum absolute atomic E-state index is 11.7. The Bertz CT molecular complexity index is 600. The maximum atomic E-state index is 11.7. The predicted octanol–water partition coefficient (Wildman–Crippen LogP) is 1.63. The van der Waals surface area contributed by atoms with Crippen molar-refractivity contribution in [2.24, 2.45) is 0 Å². The molecule has 0 amide bonds. The smallest absolute Gasteiger partial charge is 0.342 e. The third-order valence-electron chi connectivity index (χ3n) is 2.07. The molecular formula is C10H7BrN2O3. The third kappa shape index (κ3) is 1.79. The van der Waals surface area contributed by atoms with E-state index in [9.17, 15) is 9.59 Å². The normalized spacial score (nSPS) is 10.3. The van der Waals surface area contributed by atoms with Gasteiger partial charge in [-0.2, -0.15) is 0 Å². The van der Waals surface area contributed by atoms with Gasteiger partial charge in [0.25, 0.3) is 5.56 Å². The predicted molar refractivity (Wildman–Crippen MR) is 61.0 cm³/mol. The average Bonchev–Trinajstić information content (AvgIpc) is 2.60. The molecule has 1 aromatic carbocycles. The van der Waals surface area contributed by atoms with Crippen LogP contribution < -0.4 is 5.56 Å². The van der Waals surface area contributed by atoms with Gasteiger partial charge in [0.2, 0.25) is 0 Å². The van der Waals surface area contributed by atoms with Crippen LogP contribution in [0.5, 0.6) is 0 Å². The number of carbonyl (C=O) groups is 1. The lowest BCUT2D eigenvalue weighted by molar-refractivity contribution is 0.0695. The van der Waals surface area contributed by atoms with Gasteiger partial charge in [-0.25, -0.2) is 9.48 Å². The van der Waals surface area contributed by atoms with Crippen molar-refractivity contribution in [3.63, 3.8) is 0 Å². The zero-order chi connectivity index (χ0) is 11.7. The fourth-order valence-corrected chi connectivity index (χ4v) is 1.72. The van der Waals surface area contributed by atoms with Gasteiger partial charge in [-0.3, -0.25) is 9.89 Å². The quantitative estimate of drug-likeness (QED) is 0.879. The number of rotatable bonds is 2. The Balaban J connectivity index is 2.58. The molecule has 2 N–H and O–H groups in total. The standard InChI is InChI=1S/C10H7BrN2O3/c11-6-2-1-3-7(4-6)13-9(14)8(5-12-13)10(15)16/h1-5,12H,(H,15,16). The number of aromatic carboxylic acids is 1. The molecular weight excluding hydrogens is 276 g/mol. The summed E-state index contributed by atoms with van der Waals surface area (Å²) >= 11 is 3.27. The van der Waals surface area contributed by atoms with Gasteiger partial charge < -0.3 is 5.11 Å². The number of H-pyrrole nitrogens is 1. The number of hydrogen-bond acceptors (Lipinski definition) is 2. The van der Waals surface area contributed by atoms with Crippen molar-refractivity contribution in [2.75, 3.05) is 0 Å². The summed E-state index contributed by atoms with van der Waals surface area (Å²) < 4.78 is 1.98. The highest BCUT2D eigenvalue weighted by molar-refractivity contribution is 9.10.